The number of benzene rings is 1. The molecule has 128 valence electrons. The van der Waals surface area contributed by atoms with E-state index in [2.05, 4.69) is 26.0 Å². The first-order valence-corrected chi connectivity index (χ1v) is 8.85. The fraction of sp³-hybridized carbons (Fsp3) is 0.500. The van der Waals surface area contributed by atoms with Gasteiger partial charge in [0.2, 0.25) is 11.8 Å². The van der Waals surface area contributed by atoms with Gasteiger partial charge in [-0.3, -0.25) is 4.79 Å². The molecule has 2 aromatic rings. The standard InChI is InChI=1S/C20H26N2O2/c1-13(2)18-17(15-9-6-5-7-10-15)21-19(24-18)16-11-8-12-22(16)20(23)14(3)4/h5-7,9-10,13-14,16H,8,11-12H2,1-4H3. The van der Waals surface area contributed by atoms with Crippen LogP contribution in [0.4, 0.5) is 0 Å². The van der Waals surface area contributed by atoms with Gasteiger partial charge in [0, 0.05) is 23.9 Å². The summed E-state index contributed by atoms with van der Waals surface area (Å²) in [6.07, 6.45) is 1.92. The predicted molar refractivity (Wildman–Crippen MR) is 94.6 cm³/mol. The maximum atomic E-state index is 12.5. The summed E-state index contributed by atoms with van der Waals surface area (Å²) >= 11 is 0. The molecule has 0 bridgehead atoms. The normalized spacial score (nSPS) is 17.9. The van der Waals surface area contributed by atoms with Crippen molar-refractivity contribution in [2.75, 3.05) is 6.54 Å². The van der Waals surface area contributed by atoms with Gasteiger partial charge < -0.3 is 9.32 Å². The number of rotatable bonds is 4. The summed E-state index contributed by atoms with van der Waals surface area (Å²) in [5.41, 5.74) is 1.97. The molecular weight excluding hydrogens is 300 g/mol. The zero-order valence-electron chi connectivity index (χ0n) is 15.0. The van der Waals surface area contributed by atoms with Gasteiger partial charge in [-0.05, 0) is 12.8 Å². The number of aromatic nitrogens is 1. The molecule has 1 aliphatic rings. The van der Waals surface area contributed by atoms with Gasteiger partial charge in [0.05, 0.1) is 0 Å². The summed E-state index contributed by atoms with van der Waals surface area (Å²) in [6, 6.07) is 10.1. The first-order valence-electron chi connectivity index (χ1n) is 8.85. The second-order valence-electron chi connectivity index (χ2n) is 7.13. The van der Waals surface area contributed by atoms with E-state index in [1.165, 1.54) is 0 Å². The topological polar surface area (TPSA) is 46.3 Å². The number of hydrogen-bond acceptors (Lipinski definition) is 3. The molecule has 0 N–H and O–H groups in total. The highest BCUT2D eigenvalue weighted by atomic mass is 16.4. The molecule has 0 radical (unpaired) electrons. The molecule has 1 aliphatic heterocycles. The molecular formula is C20H26N2O2. The molecule has 24 heavy (non-hydrogen) atoms. The first-order chi connectivity index (χ1) is 11.5. The minimum atomic E-state index is -0.0325. The van der Waals surface area contributed by atoms with Crippen molar-refractivity contribution >= 4 is 5.91 Å². The maximum Gasteiger partial charge on any atom is 0.225 e. The van der Waals surface area contributed by atoms with Crippen LogP contribution < -0.4 is 0 Å². The van der Waals surface area contributed by atoms with Crippen molar-refractivity contribution in [2.24, 2.45) is 5.92 Å². The highest BCUT2D eigenvalue weighted by molar-refractivity contribution is 5.78. The smallest absolute Gasteiger partial charge is 0.225 e. The van der Waals surface area contributed by atoms with Gasteiger partial charge in [-0.25, -0.2) is 4.98 Å². The zero-order valence-corrected chi connectivity index (χ0v) is 15.0. The number of carbonyl (C=O) groups excluding carboxylic acids is 1. The Morgan fingerprint density at radius 1 is 1.21 bits per heavy atom. The molecule has 1 fully saturated rings. The number of carbonyl (C=O) groups is 1. The van der Waals surface area contributed by atoms with Crippen molar-refractivity contribution in [3.8, 4) is 11.3 Å². The zero-order chi connectivity index (χ0) is 17.3. The Bertz CT molecular complexity index is 704. The van der Waals surface area contributed by atoms with E-state index in [1.54, 1.807) is 0 Å². The van der Waals surface area contributed by atoms with Gasteiger partial charge in [0.15, 0.2) is 0 Å². The van der Waals surface area contributed by atoms with Gasteiger partial charge in [0.25, 0.3) is 0 Å². The van der Waals surface area contributed by atoms with Crippen molar-refractivity contribution in [1.29, 1.82) is 0 Å². The molecule has 1 saturated heterocycles. The average molecular weight is 326 g/mol. The van der Waals surface area contributed by atoms with Crippen LogP contribution in [0.3, 0.4) is 0 Å². The van der Waals surface area contributed by atoms with Crippen LogP contribution in [0.2, 0.25) is 0 Å². The monoisotopic (exact) mass is 326 g/mol. The van der Waals surface area contributed by atoms with E-state index in [9.17, 15) is 4.79 Å². The Kier molecular flexibility index (Phi) is 4.74. The molecule has 0 aliphatic carbocycles. The second-order valence-corrected chi connectivity index (χ2v) is 7.13. The van der Waals surface area contributed by atoms with Gasteiger partial charge >= 0.3 is 0 Å². The number of oxazole rings is 1. The lowest BCUT2D eigenvalue weighted by Gasteiger charge is -2.24. The van der Waals surface area contributed by atoms with Crippen LogP contribution in [0, 0.1) is 5.92 Å². The number of likely N-dealkylation sites (tertiary alicyclic amines) is 1. The van der Waals surface area contributed by atoms with E-state index < -0.39 is 0 Å². The molecule has 4 nitrogen and oxygen atoms in total. The van der Waals surface area contributed by atoms with Crippen LogP contribution in [0.5, 0.6) is 0 Å². The largest absolute Gasteiger partial charge is 0.442 e. The van der Waals surface area contributed by atoms with E-state index in [4.69, 9.17) is 9.40 Å². The molecule has 1 aromatic heterocycles. The summed E-state index contributed by atoms with van der Waals surface area (Å²) in [5.74, 6) is 2.02. The molecule has 3 rings (SSSR count). The third-order valence-electron chi connectivity index (χ3n) is 4.56. The van der Waals surface area contributed by atoms with E-state index in [1.807, 2.05) is 36.9 Å². The van der Waals surface area contributed by atoms with Crippen LogP contribution >= 0.6 is 0 Å². The summed E-state index contributed by atoms with van der Waals surface area (Å²) in [4.78, 5) is 19.2. The minimum Gasteiger partial charge on any atom is -0.442 e. The van der Waals surface area contributed by atoms with E-state index in [0.29, 0.717) is 5.89 Å². The highest BCUT2D eigenvalue weighted by Gasteiger charge is 2.35. The fourth-order valence-corrected chi connectivity index (χ4v) is 3.30. The van der Waals surface area contributed by atoms with Crippen molar-refractivity contribution in [2.45, 2.75) is 52.5 Å². The Hall–Kier alpha value is -2.10. The SMILES string of the molecule is CC(C)C(=O)N1CCCC1c1nc(-c2ccccc2)c(C(C)C)o1. The van der Waals surface area contributed by atoms with Gasteiger partial charge in [-0.1, -0.05) is 58.0 Å². The molecule has 1 aromatic carbocycles. The Balaban J connectivity index is 1.99. The number of nitrogens with zero attached hydrogens (tertiary/aromatic N) is 2. The lowest BCUT2D eigenvalue weighted by atomic mass is 10.0. The molecule has 1 amide bonds. The average Bonchev–Trinajstić information content (AvgIpc) is 3.21. The molecule has 4 heteroatoms. The van der Waals surface area contributed by atoms with Crippen molar-refractivity contribution in [3.63, 3.8) is 0 Å². The van der Waals surface area contributed by atoms with Crippen molar-refractivity contribution in [1.82, 2.24) is 9.88 Å². The minimum absolute atomic E-state index is 0.00118. The Morgan fingerprint density at radius 3 is 2.54 bits per heavy atom. The van der Waals surface area contributed by atoms with Crippen LogP contribution in [0.25, 0.3) is 11.3 Å². The molecule has 0 saturated carbocycles. The van der Waals surface area contributed by atoms with E-state index >= 15 is 0 Å². The summed E-state index contributed by atoms with van der Waals surface area (Å²) in [6.45, 7) is 8.91. The maximum absolute atomic E-state index is 12.5. The van der Waals surface area contributed by atoms with Gasteiger partial charge in [-0.15, -0.1) is 0 Å². The third kappa shape index (κ3) is 3.10. The Labute approximate surface area is 143 Å². The van der Waals surface area contributed by atoms with Crippen LogP contribution in [0.1, 0.15) is 64.1 Å². The number of amides is 1. The van der Waals surface area contributed by atoms with Gasteiger partial charge in [0.1, 0.15) is 17.5 Å². The van der Waals surface area contributed by atoms with Crippen molar-refractivity contribution in [3.05, 3.63) is 42.0 Å². The number of hydrogen-bond donors (Lipinski definition) is 0. The lowest BCUT2D eigenvalue weighted by Crippen LogP contribution is -2.33. The fourth-order valence-electron chi connectivity index (χ4n) is 3.30. The summed E-state index contributed by atoms with van der Waals surface area (Å²) < 4.78 is 6.17. The molecule has 0 spiro atoms. The molecule has 1 unspecified atom stereocenters. The molecule has 1 atom stereocenters. The predicted octanol–water partition coefficient (Wildman–Crippen LogP) is 4.78. The Morgan fingerprint density at radius 2 is 1.92 bits per heavy atom. The second kappa shape index (κ2) is 6.80. The van der Waals surface area contributed by atoms with Gasteiger partial charge in [-0.2, -0.15) is 0 Å². The van der Waals surface area contributed by atoms with E-state index in [-0.39, 0.29) is 23.8 Å². The van der Waals surface area contributed by atoms with Crippen molar-refractivity contribution < 1.29 is 9.21 Å². The summed E-state index contributed by atoms with van der Waals surface area (Å²) in [5, 5.41) is 0. The highest BCUT2D eigenvalue weighted by Crippen LogP contribution is 2.37. The lowest BCUT2D eigenvalue weighted by molar-refractivity contribution is -0.135. The first kappa shape index (κ1) is 16.7. The quantitative estimate of drug-likeness (QED) is 0.812. The van der Waals surface area contributed by atoms with Crippen LogP contribution in [-0.4, -0.2) is 22.3 Å². The third-order valence-corrected chi connectivity index (χ3v) is 4.56. The van der Waals surface area contributed by atoms with Crippen LogP contribution in [-0.2, 0) is 4.79 Å². The van der Waals surface area contributed by atoms with E-state index in [0.717, 1.165) is 36.4 Å². The summed E-state index contributed by atoms with van der Waals surface area (Å²) in [7, 11) is 0. The van der Waals surface area contributed by atoms with Crippen LogP contribution in [0.15, 0.2) is 34.7 Å². The molecule has 2 heterocycles.